The molecule has 0 amide bonds. The van der Waals surface area contributed by atoms with E-state index in [-0.39, 0.29) is 5.57 Å². The summed E-state index contributed by atoms with van der Waals surface area (Å²) in [5, 5.41) is 38.2. The van der Waals surface area contributed by atoms with Crippen molar-refractivity contribution in [1.82, 2.24) is 0 Å². The second-order valence-electron chi connectivity index (χ2n) is 4.56. The monoisotopic (exact) mass is 284 g/mol. The van der Waals surface area contributed by atoms with Crippen LogP contribution in [0.25, 0.3) is 0 Å². The molecule has 1 heterocycles. The highest BCUT2D eigenvalue weighted by Crippen LogP contribution is 2.25. The van der Waals surface area contributed by atoms with Crippen LogP contribution in [0.2, 0.25) is 0 Å². The first-order valence-electron chi connectivity index (χ1n) is 6.14. The molecular formula is C13H16O7. The van der Waals surface area contributed by atoms with E-state index in [9.17, 15) is 20.1 Å². The standard InChI is InChI=1S/C13H16O7/c14-5-7-3-1-2-4-8(7)19-13-12(18)11(17)10(16)9(6-15)20-13/h1-4,8-13,15-18H,6H2/t8?,9-,10+,11+,12-,13-/m1/s1. The van der Waals surface area contributed by atoms with E-state index in [1.165, 1.54) is 6.08 Å². The van der Waals surface area contributed by atoms with E-state index < -0.39 is 43.4 Å². The highest BCUT2D eigenvalue weighted by atomic mass is 16.7. The number of aliphatic hydroxyl groups is 4. The Morgan fingerprint density at radius 3 is 2.60 bits per heavy atom. The van der Waals surface area contributed by atoms with Crippen LogP contribution in [-0.2, 0) is 14.3 Å². The van der Waals surface area contributed by atoms with Crippen molar-refractivity contribution < 1.29 is 34.7 Å². The molecule has 2 aliphatic rings. The Labute approximate surface area is 115 Å². The molecule has 0 radical (unpaired) electrons. The lowest BCUT2D eigenvalue weighted by Crippen LogP contribution is -2.59. The molecule has 1 unspecified atom stereocenters. The number of ether oxygens (including phenoxy) is 2. The summed E-state index contributed by atoms with van der Waals surface area (Å²) in [6.45, 7) is -0.540. The van der Waals surface area contributed by atoms with Gasteiger partial charge in [0.25, 0.3) is 0 Å². The second kappa shape index (κ2) is 6.43. The molecule has 4 N–H and O–H groups in total. The van der Waals surface area contributed by atoms with E-state index in [0.29, 0.717) is 0 Å². The first-order chi connectivity index (χ1) is 9.58. The summed E-state index contributed by atoms with van der Waals surface area (Å²) in [5.74, 6) is 1.71. The van der Waals surface area contributed by atoms with Gasteiger partial charge in [-0.15, -0.1) is 0 Å². The van der Waals surface area contributed by atoms with Gasteiger partial charge in [-0.1, -0.05) is 18.2 Å². The fourth-order valence-electron chi connectivity index (χ4n) is 2.06. The minimum atomic E-state index is -1.52. The van der Waals surface area contributed by atoms with Crippen LogP contribution in [0.3, 0.4) is 0 Å². The fourth-order valence-corrected chi connectivity index (χ4v) is 2.06. The molecule has 1 fully saturated rings. The summed E-state index contributed by atoms with van der Waals surface area (Å²) in [6.07, 6.45) is -1.23. The Morgan fingerprint density at radius 2 is 1.95 bits per heavy atom. The maximum absolute atomic E-state index is 10.8. The van der Waals surface area contributed by atoms with Crippen molar-refractivity contribution in [2.45, 2.75) is 36.8 Å². The average Bonchev–Trinajstić information content (AvgIpc) is 2.48. The van der Waals surface area contributed by atoms with Crippen LogP contribution >= 0.6 is 0 Å². The Bertz CT molecular complexity index is 450. The van der Waals surface area contributed by atoms with Gasteiger partial charge in [0, 0.05) is 0 Å². The van der Waals surface area contributed by atoms with E-state index >= 15 is 0 Å². The van der Waals surface area contributed by atoms with E-state index in [1.807, 2.05) is 0 Å². The van der Waals surface area contributed by atoms with Gasteiger partial charge < -0.3 is 29.9 Å². The van der Waals surface area contributed by atoms with Crippen molar-refractivity contribution in [1.29, 1.82) is 0 Å². The molecule has 0 saturated carbocycles. The average molecular weight is 284 g/mol. The van der Waals surface area contributed by atoms with Crippen molar-refractivity contribution in [3.8, 4) is 0 Å². The van der Waals surface area contributed by atoms with E-state index in [0.717, 1.165) is 0 Å². The van der Waals surface area contributed by atoms with Crippen LogP contribution in [0.15, 0.2) is 29.9 Å². The maximum atomic E-state index is 10.8. The van der Waals surface area contributed by atoms with Gasteiger partial charge in [0.2, 0.25) is 0 Å². The highest BCUT2D eigenvalue weighted by Gasteiger charge is 2.44. The maximum Gasteiger partial charge on any atom is 0.187 e. The largest absolute Gasteiger partial charge is 0.394 e. The van der Waals surface area contributed by atoms with E-state index in [1.54, 1.807) is 24.2 Å². The third kappa shape index (κ3) is 2.89. The number of aliphatic hydroxyl groups excluding tert-OH is 4. The van der Waals surface area contributed by atoms with Crippen LogP contribution in [0.4, 0.5) is 0 Å². The minimum Gasteiger partial charge on any atom is -0.394 e. The SMILES string of the molecule is O=C=C1C=CC=CC1O[C@@H]1O[C@H](CO)[C@H](O)[C@H](O)[C@H]1O. The molecule has 1 aliphatic heterocycles. The van der Waals surface area contributed by atoms with Crippen LogP contribution in [0, 0.1) is 0 Å². The van der Waals surface area contributed by atoms with Crippen LogP contribution in [-0.4, -0.2) is 69.8 Å². The zero-order valence-electron chi connectivity index (χ0n) is 10.5. The molecule has 1 saturated heterocycles. The number of carbonyl (C=O) groups excluding carboxylic acids is 1. The van der Waals surface area contributed by atoms with Crippen LogP contribution in [0.5, 0.6) is 0 Å². The third-order valence-electron chi connectivity index (χ3n) is 3.23. The smallest absolute Gasteiger partial charge is 0.187 e. The van der Waals surface area contributed by atoms with Gasteiger partial charge in [-0.2, -0.15) is 0 Å². The number of hydrogen-bond donors (Lipinski definition) is 4. The molecule has 0 aromatic carbocycles. The Morgan fingerprint density at radius 1 is 1.20 bits per heavy atom. The molecule has 1 aliphatic carbocycles. The molecule has 20 heavy (non-hydrogen) atoms. The van der Waals surface area contributed by atoms with Crippen molar-refractivity contribution in [3.05, 3.63) is 29.9 Å². The predicted octanol–water partition coefficient (Wildman–Crippen LogP) is -1.94. The van der Waals surface area contributed by atoms with Crippen molar-refractivity contribution in [2.75, 3.05) is 6.61 Å². The topological polar surface area (TPSA) is 116 Å². The molecule has 2 rings (SSSR count). The lowest BCUT2D eigenvalue weighted by molar-refractivity contribution is -0.304. The van der Waals surface area contributed by atoms with Gasteiger partial charge in [-0.25, -0.2) is 4.79 Å². The first-order valence-corrected chi connectivity index (χ1v) is 6.14. The third-order valence-corrected chi connectivity index (χ3v) is 3.23. The van der Waals surface area contributed by atoms with Gasteiger partial charge in [-0.05, 0) is 6.08 Å². The molecule has 6 atom stereocenters. The van der Waals surface area contributed by atoms with E-state index in [2.05, 4.69) is 0 Å². The zero-order chi connectivity index (χ0) is 14.7. The summed E-state index contributed by atoms with van der Waals surface area (Å²) >= 11 is 0. The molecular weight excluding hydrogens is 268 g/mol. The quantitative estimate of drug-likeness (QED) is 0.445. The molecule has 0 aromatic rings. The highest BCUT2D eigenvalue weighted by molar-refractivity contribution is 5.61. The van der Waals surface area contributed by atoms with E-state index in [4.69, 9.17) is 14.6 Å². The van der Waals surface area contributed by atoms with Gasteiger partial charge in [0.15, 0.2) is 6.29 Å². The van der Waals surface area contributed by atoms with Crippen molar-refractivity contribution in [3.63, 3.8) is 0 Å². The van der Waals surface area contributed by atoms with Gasteiger partial charge in [-0.3, -0.25) is 0 Å². The predicted molar refractivity (Wildman–Crippen MR) is 66.1 cm³/mol. The van der Waals surface area contributed by atoms with Crippen molar-refractivity contribution >= 4 is 5.94 Å². The number of hydrogen-bond acceptors (Lipinski definition) is 7. The summed E-state index contributed by atoms with van der Waals surface area (Å²) in [6, 6.07) is 0. The Balaban J connectivity index is 2.10. The molecule has 0 aromatic heterocycles. The lowest BCUT2D eigenvalue weighted by atomic mass is 9.99. The van der Waals surface area contributed by atoms with Crippen molar-refractivity contribution in [2.24, 2.45) is 0 Å². The second-order valence-corrected chi connectivity index (χ2v) is 4.56. The Kier molecular flexibility index (Phi) is 4.85. The molecule has 0 bridgehead atoms. The number of rotatable bonds is 3. The number of allylic oxidation sites excluding steroid dienone is 2. The van der Waals surface area contributed by atoms with Crippen LogP contribution in [0.1, 0.15) is 0 Å². The van der Waals surface area contributed by atoms with Gasteiger partial charge in [0.1, 0.15) is 36.5 Å². The molecule has 110 valence electrons. The lowest BCUT2D eigenvalue weighted by Gasteiger charge is -2.40. The normalized spacial score (nSPS) is 40.7. The Hall–Kier alpha value is -1.31. The van der Waals surface area contributed by atoms with Crippen LogP contribution < -0.4 is 0 Å². The van der Waals surface area contributed by atoms with Gasteiger partial charge in [0.05, 0.1) is 12.2 Å². The minimum absolute atomic E-state index is 0.212. The summed E-state index contributed by atoms with van der Waals surface area (Å²) in [4.78, 5) is 10.8. The molecule has 7 heteroatoms. The van der Waals surface area contributed by atoms with Gasteiger partial charge >= 0.3 is 0 Å². The summed E-state index contributed by atoms with van der Waals surface area (Å²) in [7, 11) is 0. The molecule has 0 spiro atoms. The summed E-state index contributed by atoms with van der Waals surface area (Å²) in [5.41, 5.74) is 0.212. The fraction of sp³-hybridized carbons (Fsp3) is 0.538. The summed E-state index contributed by atoms with van der Waals surface area (Å²) < 4.78 is 10.6. The zero-order valence-corrected chi connectivity index (χ0v) is 10.5. The molecule has 7 nitrogen and oxygen atoms in total. The first kappa shape index (κ1) is 15.1.